The number of non-ortho nitro benzene ring substituents is 1. The van der Waals surface area contributed by atoms with Gasteiger partial charge in [0.05, 0.1) is 4.92 Å². The molecule has 2 aromatic rings. The van der Waals surface area contributed by atoms with Gasteiger partial charge in [0, 0.05) is 23.4 Å². The second-order valence-electron chi connectivity index (χ2n) is 4.71. The smallest absolute Gasteiger partial charge is 0.269 e. The zero-order chi connectivity index (χ0) is 15.2. The van der Waals surface area contributed by atoms with Gasteiger partial charge >= 0.3 is 0 Å². The van der Waals surface area contributed by atoms with Crippen LogP contribution in [0.4, 0.5) is 11.4 Å². The number of aryl methyl sites for hydroxylation is 1. The minimum absolute atomic E-state index is 0.0310. The van der Waals surface area contributed by atoms with Crippen molar-refractivity contribution in [3.8, 4) is 0 Å². The van der Waals surface area contributed by atoms with E-state index in [0.717, 1.165) is 18.5 Å². The fourth-order valence-corrected chi connectivity index (χ4v) is 2.03. The second-order valence-corrected chi connectivity index (χ2v) is 4.71. The van der Waals surface area contributed by atoms with Crippen LogP contribution in [-0.4, -0.2) is 10.8 Å². The summed E-state index contributed by atoms with van der Waals surface area (Å²) in [6.07, 6.45) is 2.00. The van der Waals surface area contributed by atoms with Crippen LogP contribution >= 0.6 is 0 Å². The lowest BCUT2D eigenvalue weighted by Gasteiger charge is -2.07. The summed E-state index contributed by atoms with van der Waals surface area (Å²) in [6, 6.07) is 13.2. The highest BCUT2D eigenvalue weighted by Gasteiger charge is 2.09. The number of hydrogen-bond donors (Lipinski definition) is 1. The molecule has 0 aliphatic carbocycles. The van der Waals surface area contributed by atoms with Crippen LogP contribution in [0.25, 0.3) is 0 Å². The van der Waals surface area contributed by atoms with Crippen molar-refractivity contribution in [1.29, 1.82) is 0 Å². The summed E-state index contributed by atoms with van der Waals surface area (Å²) in [7, 11) is 0. The van der Waals surface area contributed by atoms with Crippen molar-refractivity contribution in [2.45, 2.75) is 19.8 Å². The van der Waals surface area contributed by atoms with Gasteiger partial charge in [0.2, 0.25) is 0 Å². The van der Waals surface area contributed by atoms with Gasteiger partial charge in [-0.25, -0.2) is 0 Å². The molecule has 2 aromatic carbocycles. The number of amides is 1. The molecule has 5 heteroatoms. The van der Waals surface area contributed by atoms with Crippen molar-refractivity contribution in [3.63, 3.8) is 0 Å². The van der Waals surface area contributed by atoms with Crippen LogP contribution < -0.4 is 5.32 Å². The topological polar surface area (TPSA) is 72.2 Å². The van der Waals surface area contributed by atoms with E-state index >= 15 is 0 Å². The molecule has 5 nitrogen and oxygen atoms in total. The van der Waals surface area contributed by atoms with Gasteiger partial charge in [-0.15, -0.1) is 0 Å². The number of anilines is 1. The Morgan fingerprint density at radius 1 is 1.19 bits per heavy atom. The van der Waals surface area contributed by atoms with Gasteiger partial charge in [0.25, 0.3) is 11.6 Å². The third-order valence-electron chi connectivity index (χ3n) is 3.06. The van der Waals surface area contributed by atoms with Crippen LogP contribution in [0, 0.1) is 10.1 Å². The molecule has 0 saturated heterocycles. The van der Waals surface area contributed by atoms with Gasteiger partial charge < -0.3 is 5.32 Å². The molecule has 0 unspecified atom stereocenters. The Morgan fingerprint density at radius 2 is 1.90 bits per heavy atom. The molecule has 2 rings (SSSR count). The van der Waals surface area contributed by atoms with E-state index in [1.165, 1.54) is 29.8 Å². The third kappa shape index (κ3) is 3.89. The fourth-order valence-electron chi connectivity index (χ4n) is 2.03. The molecule has 0 bridgehead atoms. The van der Waals surface area contributed by atoms with Crippen molar-refractivity contribution in [1.82, 2.24) is 0 Å². The molecule has 0 aliphatic rings. The largest absolute Gasteiger partial charge is 0.322 e. The van der Waals surface area contributed by atoms with Crippen molar-refractivity contribution in [2.75, 3.05) is 5.32 Å². The van der Waals surface area contributed by atoms with Gasteiger partial charge in [0.15, 0.2) is 0 Å². The number of hydrogen-bond acceptors (Lipinski definition) is 3. The third-order valence-corrected chi connectivity index (χ3v) is 3.06. The zero-order valence-electron chi connectivity index (χ0n) is 11.7. The highest BCUT2D eigenvalue weighted by atomic mass is 16.6. The number of carbonyl (C=O) groups excluding carboxylic acids is 1. The standard InChI is InChI=1S/C16H16N2O3/c1-2-4-12-5-3-6-14(11-12)17-16(19)13-7-9-15(10-8-13)18(20)21/h3,5-11H,2,4H2,1H3,(H,17,19). The Kier molecular flexibility index (Phi) is 4.66. The lowest BCUT2D eigenvalue weighted by molar-refractivity contribution is -0.384. The molecular formula is C16H16N2O3. The van der Waals surface area contributed by atoms with Crippen molar-refractivity contribution in [2.24, 2.45) is 0 Å². The first-order valence-corrected chi connectivity index (χ1v) is 6.75. The summed E-state index contributed by atoms with van der Waals surface area (Å²) in [5.41, 5.74) is 2.25. The van der Waals surface area contributed by atoms with Crippen LogP contribution in [0.2, 0.25) is 0 Å². The molecular weight excluding hydrogens is 268 g/mol. The molecule has 0 saturated carbocycles. The van der Waals surface area contributed by atoms with Crippen molar-refractivity contribution in [3.05, 3.63) is 69.8 Å². The van der Waals surface area contributed by atoms with E-state index in [0.29, 0.717) is 5.56 Å². The number of carbonyl (C=O) groups is 1. The SMILES string of the molecule is CCCc1cccc(NC(=O)c2ccc([N+](=O)[O-])cc2)c1. The van der Waals surface area contributed by atoms with Crippen molar-refractivity contribution >= 4 is 17.3 Å². The zero-order valence-corrected chi connectivity index (χ0v) is 11.7. The molecule has 0 aromatic heterocycles. The number of nitrogens with zero attached hydrogens (tertiary/aromatic N) is 1. The molecule has 0 atom stereocenters. The summed E-state index contributed by atoms with van der Waals surface area (Å²) >= 11 is 0. The molecule has 0 radical (unpaired) electrons. The summed E-state index contributed by atoms with van der Waals surface area (Å²) < 4.78 is 0. The Morgan fingerprint density at radius 3 is 2.52 bits per heavy atom. The van der Waals surface area contributed by atoms with Crippen molar-refractivity contribution < 1.29 is 9.72 Å². The maximum Gasteiger partial charge on any atom is 0.269 e. The molecule has 0 heterocycles. The van der Waals surface area contributed by atoms with Crippen LogP contribution in [0.15, 0.2) is 48.5 Å². The van der Waals surface area contributed by atoms with E-state index in [1.54, 1.807) is 0 Å². The summed E-state index contributed by atoms with van der Waals surface area (Å²) in [4.78, 5) is 22.2. The molecule has 0 aliphatic heterocycles. The highest BCUT2D eigenvalue weighted by Crippen LogP contribution is 2.16. The molecule has 0 spiro atoms. The van der Waals surface area contributed by atoms with E-state index in [-0.39, 0.29) is 11.6 Å². The Balaban J connectivity index is 2.10. The monoisotopic (exact) mass is 284 g/mol. The van der Waals surface area contributed by atoms with E-state index in [1.807, 2.05) is 24.3 Å². The van der Waals surface area contributed by atoms with E-state index < -0.39 is 4.92 Å². The molecule has 1 amide bonds. The van der Waals surface area contributed by atoms with Gasteiger partial charge in [-0.1, -0.05) is 25.5 Å². The quantitative estimate of drug-likeness (QED) is 0.670. The van der Waals surface area contributed by atoms with Gasteiger partial charge in [-0.05, 0) is 36.2 Å². The maximum absolute atomic E-state index is 12.1. The minimum atomic E-state index is -0.490. The first kappa shape index (κ1) is 14.7. The van der Waals surface area contributed by atoms with Crippen LogP contribution in [0.1, 0.15) is 29.3 Å². The average molecular weight is 284 g/mol. The van der Waals surface area contributed by atoms with E-state index in [2.05, 4.69) is 12.2 Å². The number of nitro benzene ring substituents is 1. The molecule has 1 N–H and O–H groups in total. The van der Waals surface area contributed by atoms with Crippen LogP contribution in [0.3, 0.4) is 0 Å². The van der Waals surface area contributed by atoms with E-state index in [9.17, 15) is 14.9 Å². The Labute approximate surface area is 122 Å². The number of nitro groups is 1. The summed E-state index contributed by atoms with van der Waals surface area (Å²) in [6.45, 7) is 2.10. The van der Waals surface area contributed by atoms with Gasteiger partial charge in [0.1, 0.15) is 0 Å². The summed E-state index contributed by atoms with van der Waals surface area (Å²) in [5, 5.41) is 13.4. The van der Waals surface area contributed by atoms with Crippen LogP contribution in [-0.2, 0) is 6.42 Å². The first-order valence-electron chi connectivity index (χ1n) is 6.75. The van der Waals surface area contributed by atoms with Crippen LogP contribution in [0.5, 0.6) is 0 Å². The summed E-state index contributed by atoms with van der Waals surface area (Å²) in [5.74, 6) is -0.279. The van der Waals surface area contributed by atoms with Gasteiger partial charge in [-0.3, -0.25) is 14.9 Å². The van der Waals surface area contributed by atoms with Gasteiger partial charge in [-0.2, -0.15) is 0 Å². The molecule has 108 valence electrons. The Hall–Kier alpha value is -2.69. The number of nitrogens with one attached hydrogen (secondary N) is 1. The first-order chi connectivity index (χ1) is 10.1. The fraction of sp³-hybridized carbons (Fsp3) is 0.188. The average Bonchev–Trinajstić information content (AvgIpc) is 2.48. The highest BCUT2D eigenvalue weighted by molar-refractivity contribution is 6.04. The maximum atomic E-state index is 12.1. The van der Waals surface area contributed by atoms with E-state index in [4.69, 9.17) is 0 Å². The predicted octanol–water partition coefficient (Wildman–Crippen LogP) is 3.80. The normalized spacial score (nSPS) is 10.1. The lowest BCUT2D eigenvalue weighted by atomic mass is 10.1. The minimum Gasteiger partial charge on any atom is -0.322 e. The predicted molar refractivity (Wildman–Crippen MR) is 81.5 cm³/mol. The lowest BCUT2D eigenvalue weighted by Crippen LogP contribution is -2.11. The molecule has 21 heavy (non-hydrogen) atoms. The number of rotatable bonds is 5. The number of benzene rings is 2. The molecule has 0 fully saturated rings. The second kappa shape index (κ2) is 6.65. The Bertz CT molecular complexity index is 651.